The van der Waals surface area contributed by atoms with E-state index in [2.05, 4.69) is 44.6 Å². The standard InChI is InChI=1S/C11H15IN2/c12-10-3-4-11(13-9-10)5-8-14-6-1-2-7-14/h3-4,9H,1-2,5-8H2. The molecule has 1 aromatic heterocycles. The van der Waals surface area contributed by atoms with Crippen molar-refractivity contribution in [3.05, 3.63) is 27.6 Å². The van der Waals surface area contributed by atoms with Gasteiger partial charge in [0, 0.05) is 28.4 Å². The largest absolute Gasteiger partial charge is 0.303 e. The van der Waals surface area contributed by atoms with Crippen LogP contribution in [0.1, 0.15) is 18.5 Å². The summed E-state index contributed by atoms with van der Waals surface area (Å²) in [5, 5.41) is 0. The lowest BCUT2D eigenvalue weighted by Gasteiger charge is -2.13. The van der Waals surface area contributed by atoms with E-state index in [1.165, 1.54) is 41.7 Å². The van der Waals surface area contributed by atoms with Gasteiger partial charge in [0.15, 0.2) is 0 Å². The second-order valence-electron chi connectivity index (χ2n) is 3.77. The lowest BCUT2D eigenvalue weighted by atomic mass is 10.2. The molecule has 2 rings (SSSR count). The van der Waals surface area contributed by atoms with Crippen LogP contribution >= 0.6 is 22.6 Å². The van der Waals surface area contributed by atoms with E-state index in [9.17, 15) is 0 Å². The summed E-state index contributed by atoms with van der Waals surface area (Å²) in [6.45, 7) is 3.74. The van der Waals surface area contributed by atoms with E-state index in [4.69, 9.17) is 0 Å². The van der Waals surface area contributed by atoms with Gasteiger partial charge in [-0.1, -0.05) is 0 Å². The lowest BCUT2D eigenvalue weighted by molar-refractivity contribution is 0.342. The summed E-state index contributed by atoms with van der Waals surface area (Å²) in [4.78, 5) is 6.93. The van der Waals surface area contributed by atoms with Crippen molar-refractivity contribution in [3.8, 4) is 0 Å². The molecule has 0 aromatic carbocycles. The summed E-state index contributed by atoms with van der Waals surface area (Å²) in [6.07, 6.45) is 5.79. The van der Waals surface area contributed by atoms with Crippen LogP contribution in [-0.2, 0) is 6.42 Å². The van der Waals surface area contributed by atoms with Crippen LogP contribution in [0.15, 0.2) is 18.3 Å². The SMILES string of the molecule is Ic1ccc(CCN2CCCC2)nc1. The van der Waals surface area contributed by atoms with Crippen molar-refractivity contribution in [1.82, 2.24) is 9.88 Å². The maximum atomic E-state index is 4.41. The van der Waals surface area contributed by atoms with Gasteiger partial charge in [-0.05, 0) is 60.7 Å². The molecule has 76 valence electrons. The first-order chi connectivity index (χ1) is 6.84. The van der Waals surface area contributed by atoms with Gasteiger partial charge in [-0.15, -0.1) is 0 Å². The summed E-state index contributed by atoms with van der Waals surface area (Å²) in [5.41, 5.74) is 1.22. The molecule has 0 spiro atoms. The zero-order valence-electron chi connectivity index (χ0n) is 8.25. The molecule has 0 atom stereocenters. The fraction of sp³-hybridized carbons (Fsp3) is 0.545. The van der Waals surface area contributed by atoms with E-state index < -0.39 is 0 Å². The monoisotopic (exact) mass is 302 g/mol. The second kappa shape index (κ2) is 5.07. The van der Waals surface area contributed by atoms with Crippen LogP contribution in [0, 0.1) is 3.57 Å². The van der Waals surface area contributed by atoms with E-state index >= 15 is 0 Å². The van der Waals surface area contributed by atoms with Crippen LogP contribution in [0.3, 0.4) is 0 Å². The molecule has 1 aliphatic heterocycles. The highest BCUT2D eigenvalue weighted by atomic mass is 127. The summed E-state index contributed by atoms with van der Waals surface area (Å²) in [5.74, 6) is 0. The Morgan fingerprint density at radius 1 is 1.29 bits per heavy atom. The van der Waals surface area contributed by atoms with Crippen LogP contribution in [0.4, 0.5) is 0 Å². The highest BCUT2D eigenvalue weighted by molar-refractivity contribution is 14.1. The van der Waals surface area contributed by atoms with Gasteiger partial charge in [0.25, 0.3) is 0 Å². The Bertz CT molecular complexity index is 278. The molecule has 0 saturated carbocycles. The minimum atomic E-state index is 1.09. The van der Waals surface area contributed by atoms with Gasteiger partial charge >= 0.3 is 0 Å². The Labute approximate surface area is 98.9 Å². The van der Waals surface area contributed by atoms with Gasteiger partial charge in [-0.3, -0.25) is 4.98 Å². The first-order valence-corrected chi connectivity index (χ1v) is 6.25. The van der Waals surface area contributed by atoms with Crippen molar-refractivity contribution < 1.29 is 0 Å². The Morgan fingerprint density at radius 3 is 2.71 bits per heavy atom. The van der Waals surface area contributed by atoms with Gasteiger partial charge in [0.1, 0.15) is 0 Å². The van der Waals surface area contributed by atoms with Crippen LogP contribution in [0.5, 0.6) is 0 Å². The summed E-state index contributed by atoms with van der Waals surface area (Å²) in [7, 11) is 0. The molecule has 0 N–H and O–H groups in total. The molecule has 1 aromatic rings. The fourth-order valence-electron chi connectivity index (χ4n) is 1.83. The van der Waals surface area contributed by atoms with Gasteiger partial charge in [0.2, 0.25) is 0 Å². The first kappa shape index (κ1) is 10.4. The van der Waals surface area contributed by atoms with Crippen molar-refractivity contribution in [2.24, 2.45) is 0 Å². The smallest absolute Gasteiger partial charge is 0.0417 e. The quantitative estimate of drug-likeness (QED) is 0.797. The molecule has 0 amide bonds. The number of rotatable bonds is 3. The molecule has 0 aliphatic carbocycles. The van der Waals surface area contributed by atoms with Crippen LogP contribution in [0.2, 0.25) is 0 Å². The van der Waals surface area contributed by atoms with E-state index in [0.29, 0.717) is 0 Å². The van der Waals surface area contributed by atoms with Gasteiger partial charge in [-0.25, -0.2) is 0 Å². The molecule has 0 unspecified atom stereocenters. The minimum absolute atomic E-state index is 1.09. The number of nitrogens with zero attached hydrogens (tertiary/aromatic N) is 2. The number of pyridine rings is 1. The summed E-state index contributed by atoms with van der Waals surface area (Å²) in [6, 6.07) is 4.27. The van der Waals surface area contributed by atoms with Gasteiger partial charge in [0.05, 0.1) is 0 Å². The average Bonchev–Trinajstić information content (AvgIpc) is 2.70. The topological polar surface area (TPSA) is 16.1 Å². The van der Waals surface area contributed by atoms with E-state index in [1.54, 1.807) is 0 Å². The number of hydrogen-bond acceptors (Lipinski definition) is 2. The normalized spacial score (nSPS) is 17.5. The predicted octanol–water partition coefficient (Wildman–Crippen LogP) is 2.32. The number of hydrogen-bond donors (Lipinski definition) is 0. The molecule has 3 heteroatoms. The molecule has 0 radical (unpaired) electrons. The second-order valence-corrected chi connectivity index (χ2v) is 5.01. The number of halogens is 1. The van der Waals surface area contributed by atoms with Gasteiger partial charge < -0.3 is 4.90 Å². The fourth-order valence-corrected chi connectivity index (χ4v) is 2.15. The zero-order chi connectivity index (χ0) is 9.80. The van der Waals surface area contributed by atoms with Crippen LogP contribution < -0.4 is 0 Å². The maximum Gasteiger partial charge on any atom is 0.0417 e. The molecule has 2 heterocycles. The van der Waals surface area contributed by atoms with E-state index in [-0.39, 0.29) is 0 Å². The summed E-state index contributed by atoms with van der Waals surface area (Å²) >= 11 is 2.29. The van der Waals surface area contributed by atoms with Crippen LogP contribution in [0.25, 0.3) is 0 Å². The van der Waals surface area contributed by atoms with E-state index in [1.807, 2.05) is 6.20 Å². The highest BCUT2D eigenvalue weighted by Gasteiger charge is 2.10. The minimum Gasteiger partial charge on any atom is -0.303 e. The Balaban J connectivity index is 1.82. The van der Waals surface area contributed by atoms with Crippen molar-refractivity contribution in [3.63, 3.8) is 0 Å². The molecule has 1 aliphatic rings. The molecular formula is C11H15IN2. The lowest BCUT2D eigenvalue weighted by Crippen LogP contribution is -2.22. The third kappa shape index (κ3) is 2.92. The zero-order valence-corrected chi connectivity index (χ0v) is 10.4. The van der Waals surface area contributed by atoms with Crippen molar-refractivity contribution in [2.45, 2.75) is 19.3 Å². The predicted molar refractivity (Wildman–Crippen MR) is 66.3 cm³/mol. The van der Waals surface area contributed by atoms with Crippen molar-refractivity contribution >= 4 is 22.6 Å². The summed E-state index contributed by atoms with van der Waals surface area (Å²) < 4.78 is 1.22. The Morgan fingerprint density at radius 2 is 2.07 bits per heavy atom. The molecule has 1 fully saturated rings. The first-order valence-electron chi connectivity index (χ1n) is 5.17. The molecule has 0 bridgehead atoms. The maximum absolute atomic E-state index is 4.41. The Hall–Kier alpha value is -0.160. The Kier molecular flexibility index (Phi) is 3.75. The molecular weight excluding hydrogens is 287 g/mol. The third-order valence-corrected chi connectivity index (χ3v) is 3.31. The molecule has 2 nitrogen and oxygen atoms in total. The number of aromatic nitrogens is 1. The molecule has 1 saturated heterocycles. The van der Waals surface area contributed by atoms with Crippen molar-refractivity contribution in [1.29, 1.82) is 0 Å². The van der Waals surface area contributed by atoms with Crippen LogP contribution in [-0.4, -0.2) is 29.5 Å². The van der Waals surface area contributed by atoms with Gasteiger partial charge in [-0.2, -0.15) is 0 Å². The highest BCUT2D eigenvalue weighted by Crippen LogP contribution is 2.09. The third-order valence-electron chi connectivity index (χ3n) is 2.67. The number of likely N-dealkylation sites (tertiary alicyclic amines) is 1. The van der Waals surface area contributed by atoms with Crippen molar-refractivity contribution in [2.75, 3.05) is 19.6 Å². The van der Waals surface area contributed by atoms with E-state index in [0.717, 1.165) is 6.42 Å². The molecule has 14 heavy (non-hydrogen) atoms. The average molecular weight is 302 g/mol.